The molecule has 0 N–H and O–H groups in total. The van der Waals surface area contributed by atoms with Gasteiger partial charge in [-0.25, -0.2) is 29.4 Å². The number of quaternary nitrogens is 7. The molecule has 14 heteroatoms. The van der Waals surface area contributed by atoms with E-state index in [4.69, 9.17) is 0 Å². The minimum absolute atomic E-state index is 0.700. The molecule has 7 heterocycles. The predicted octanol–water partition coefficient (Wildman–Crippen LogP) is 12.2. The first-order valence-electron chi connectivity index (χ1n) is 38.1. The van der Waals surface area contributed by atoms with Gasteiger partial charge in [-0.05, 0) is 143 Å². The van der Waals surface area contributed by atoms with Crippen LogP contribution in [0.2, 0.25) is 0 Å². The molecule has 14 nitrogen and oxygen atoms in total. The van der Waals surface area contributed by atoms with E-state index in [9.17, 15) is 0 Å². The second-order valence-electron chi connectivity index (χ2n) is 32.5. The number of rotatable bonds is 21. The summed E-state index contributed by atoms with van der Waals surface area (Å²) in [5.74, 6) is 0. The van der Waals surface area contributed by atoms with Crippen molar-refractivity contribution in [3.8, 4) is 0 Å². The smallest absolute Gasteiger partial charge is 0.135 e. The Kier molecular flexibility index (Phi) is 38.3. The SMILES string of the molecule is CCC1CN(C(C)C)C[N@+]1(C)CC.CCC1C[N@@+](C)(CC)CN1C(C)C.CCC1C[N@@+](C)(CC)CN1CC.CCCC1CN(CC)C[N@+]1(C)CC.CCCC1C[N@@+](C)(CC)CN1CC.CC[N@+]1(C)CC(C)N(C(C)C)C1.CC[N@@+]1(C)CN(C(C)C)CC1C. The lowest BCUT2D eigenvalue weighted by Crippen LogP contribution is -2.49. The van der Waals surface area contributed by atoms with Crippen LogP contribution in [-0.4, -0.2) is 339 Å². The van der Waals surface area contributed by atoms with Crippen LogP contribution in [0.4, 0.5) is 0 Å². The van der Waals surface area contributed by atoms with Gasteiger partial charge in [-0.3, -0.25) is 4.90 Å². The van der Waals surface area contributed by atoms with Crippen LogP contribution in [0.5, 0.6) is 0 Å². The summed E-state index contributed by atoms with van der Waals surface area (Å²) in [6, 6.07) is 8.61. The van der Waals surface area contributed by atoms with E-state index in [2.05, 4.69) is 257 Å². The summed E-state index contributed by atoms with van der Waals surface area (Å²) in [5.41, 5.74) is 0. The van der Waals surface area contributed by atoms with Gasteiger partial charge in [-0.2, -0.15) is 0 Å². The Morgan fingerprint density at radius 1 is 0.341 bits per heavy atom. The highest BCUT2D eigenvalue weighted by molar-refractivity contribution is 4.79. The fourth-order valence-electron chi connectivity index (χ4n) is 16.0. The van der Waals surface area contributed by atoms with Gasteiger partial charge in [0.05, 0.1) is 165 Å². The molecule has 0 aromatic heterocycles. The summed E-state index contributed by atoms with van der Waals surface area (Å²) >= 11 is 0. The van der Waals surface area contributed by atoms with Crippen molar-refractivity contribution in [1.82, 2.24) is 34.3 Å². The Hall–Kier alpha value is -0.560. The normalized spacial score (nSPS) is 36.6. The summed E-state index contributed by atoms with van der Waals surface area (Å²) in [5, 5.41) is 0. The lowest BCUT2D eigenvalue weighted by molar-refractivity contribution is -0.923. The molecule has 528 valence electrons. The van der Waals surface area contributed by atoms with Crippen molar-refractivity contribution >= 4 is 0 Å². The molecule has 7 saturated heterocycles. The lowest BCUT2D eigenvalue weighted by atomic mass is 10.1. The molecule has 14 atom stereocenters. The van der Waals surface area contributed by atoms with Crippen molar-refractivity contribution in [3.63, 3.8) is 0 Å². The molecule has 0 aromatic carbocycles. The molecule has 0 amide bonds. The summed E-state index contributed by atoms with van der Waals surface area (Å²) < 4.78 is 8.68. The van der Waals surface area contributed by atoms with Gasteiger partial charge in [0.1, 0.15) is 64.8 Å². The summed E-state index contributed by atoms with van der Waals surface area (Å²) in [7, 11) is 16.7. The zero-order valence-corrected chi connectivity index (χ0v) is 66.5. The van der Waals surface area contributed by atoms with Gasteiger partial charge in [0, 0.05) is 50.2 Å². The first-order chi connectivity index (χ1) is 41.0. The van der Waals surface area contributed by atoms with E-state index in [0.717, 1.165) is 42.3 Å². The molecule has 7 fully saturated rings. The van der Waals surface area contributed by atoms with Crippen molar-refractivity contribution in [2.75, 3.05) is 207 Å². The Morgan fingerprint density at radius 3 is 1.06 bits per heavy atom. The molecule has 0 aromatic rings. The summed E-state index contributed by atoms with van der Waals surface area (Å²) in [6.45, 7) is 88.1. The van der Waals surface area contributed by atoms with Crippen LogP contribution in [0.1, 0.15) is 218 Å². The molecule has 7 rings (SSSR count). The molecule has 0 radical (unpaired) electrons. The molecule has 7 aliphatic rings. The maximum Gasteiger partial charge on any atom is 0.135 e. The molecular weight excluding hydrogens is 1080 g/mol. The van der Waals surface area contributed by atoms with Gasteiger partial charge < -0.3 is 31.4 Å². The zero-order chi connectivity index (χ0) is 67.8. The third-order valence-corrected chi connectivity index (χ3v) is 24.5. The number of nitrogens with zero attached hydrogens (tertiary/aromatic N) is 14. The van der Waals surface area contributed by atoms with E-state index in [1.54, 1.807) is 0 Å². The first-order valence-corrected chi connectivity index (χ1v) is 38.1. The van der Waals surface area contributed by atoms with Crippen molar-refractivity contribution in [3.05, 3.63) is 0 Å². The number of likely N-dealkylation sites (N-methyl/N-ethyl adjacent to an activating group) is 10. The van der Waals surface area contributed by atoms with E-state index in [1.807, 2.05) is 0 Å². The van der Waals surface area contributed by atoms with Crippen LogP contribution in [0.25, 0.3) is 0 Å². The van der Waals surface area contributed by atoms with Crippen molar-refractivity contribution in [2.45, 2.75) is 284 Å². The monoisotopic (exact) mass is 1250 g/mol. The van der Waals surface area contributed by atoms with Crippen LogP contribution in [0, 0.1) is 0 Å². The van der Waals surface area contributed by atoms with E-state index in [1.165, 1.54) is 234 Å². The summed E-state index contributed by atoms with van der Waals surface area (Å²) in [6.07, 6.45) is 9.34. The van der Waals surface area contributed by atoms with Crippen molar-refractivity contribution in [1.29, 1.82) is 0 Å². The van der Waals surface area contributed by atoms with Crippen LogP contribution in [0.15, 0.2) is 0 Å². The average molecular weight is 1260 g/mol. The standard InChI is InChI=1S/4C11H25N2.3C10H23N2/c1-6-11-8-13(5,7-2)9-12(11)10(3)4;1-6-11-8-12(10(3)4)9-13(11,5)7-2;1-5-8-11-9-13(4,7-3)10-12(11)6-2;1-5-8-11-9-12(6-2)10-13(11,4)7-3;1-6-12(5)7-10(4)11(8-12)9(2)3;1-6-12(5)8-11(9(2)3)7-10(12)4;1-5-10-8-12(4,7-3)9-11(10)6-2/h2*10-11H,6-9H2,1-5H3;2*11H,5-10H2,1-4H3;2*9-10H,6-8H2,1-5H3;10H,5-9H2,1-4H3/q7*+1/t4*11?,13-;3*10?,12-/m1010101/s1. The largest absolute Gasteiger partial charge is 0.312 e. The van der Waals surface area contributed by atoms with Crippen LogP contribution < -0.4 is 0 Å². The highest BCUT2D eigenvalue weighted by Crippen LogP contribution is 2.29. The van der Waals surface area contributed by atoms with Gasteiger partial charge in [0.2, 0.25) is 0 Å². The second-order valence-corrected chi connectivity index (χ2v) is 32.5. The molecular formula is C74H169N14+7. The molecule has 0 bridgehead atoms. The molecule has 7 aliphatic heterocycles. The van der Waals surface area contributed by atoms with Crippen LogP contribution in [0.3, 0.4) is 0 Å². The highest BCUT2D eigenvalue weighted by atomic mass is 15.5. The first kappa shape index (κ1) is 85.5. The van der Waals surface area contributed by atoms with Gasteiger partial charge >= 0.3 is 0 Å². The molecule has 0 saturated carbocycles. The second kappa shape index (κ2) is 39.5. The highest BCUT2D eigenvalue weighted by Gasteiger charge is 2.44. The molecule has 0 spiro atoms. The maximum atomic E-state index is 2.66. The Bertz CT molecular complexity index is 1800. The van der Waals surface area contributed by atoms with E-state index in [0.29, 0.717) is 24.2 Å². The average Bonchev–Trinajstić information content (AvgIpc) is 4.38. The Morgan fingerprint density at radius 2 is 0.739 bits per heavy atom. The fourth-order valence-corrected chi connectivity index (χ4v) is 16.0. The minimum atomic E-state index is 0.700. The topological polar surface area (TPSA) is 22.7 Å². The van der Waals surface area contributed by atoms with Gasteiger partial charge in [0.15, 0.2) is 0 Å². The quantitative estimate of drug-likeness (QED) is 0.106. The summed E-state index contributed by atoms with van der Waals surface area (Å²) in [4.78, 5) is 18.3. The van der Waals surface area contributed by atoms with Crippen LogP contribution >= 0.6 is 0 Å². The zero-order valence-electron chi connectivity index (χ0n) is 66.5. The van der Waals surface area contributed by atoms with Crippen LogP contribution in [-0.2, 0) is 0 Å². The Balaban J connectivity index is 0.000000513. The van der Waals surface area contributed by atoms with E-state index in [-0.39, 0.29) is 0 Å². The fraction of sp³-hybridized carbons (Fsp3) is 1.00. The van der Waals surface area contributed by atoms with E-state index < -0.39 is 0 Å². The van der Waals surface area contributed by atoms with Gasteiger partial charge in [0.25, 0.3) is 0 Å². The van der Waals surface area contributed by atoms with Gasteiger partial charge in [-0.15, -0.1) is 0 Å². The molecule has 88 heavy (non-hydrogen) atoms. The molecule has 7 unspecified atom stereocenters. The van der Waals surface area contributed by atoms with Crippen molar-refractivity contribution < 1.29 is 31.4 Å². The lowest BCUT2D eigenvalue weighted by Gasteiger charge is -2.34. The minimum Gasteiger partial charge on any atom is -0.312 e. The number of hydrogen-bond acceptors (Lipinski definition) is 7. The molecule has 0 aliphatic carbocycles. The number of hydrogen-bond donors (Lipinski definition) is 0. The predicted molar refractivity (Wildman–Crippen MR) is 389 cm³/mol. The Labute approximate surface area is 554 Å². The van der Waals surface area contributed by atoms with Crippen molar-refractivity contribution in [2.24, 2.45) is 0 Å². The van der Waals surface area contributed by atoms with Gasteiger partial charge in [-0.1, -0.05) is 68.2 Å². The van der Waals surface area contributed by atoms with E-state index >= 15 is 0 Å². The third-order valence-electron chi connectivity index (χ3n) is 24.5. The maximum absolute atomic E-state index is 2.66. The third kappa shape index (κ3) is 25.2.